The van der Waals surface area contributed by atoms with Crippen LogP contribution in [-0.2, 0) is 21.7 Å². The van der Waals surface area contributed by atoms with E-state index in [-0.39, 0.29) is 21.7 Å². The zero-order valence-electron chi connectivity index (χ0n) is 48.4. The van der Waals surface area contributed by atoms with E-state index in [9.17, 15) is 0 Å². The van der Waals surface area contributed by atoms with Crippen LogP contribution in [0.15, 0.2) is 206 Å². The molecule has 80 heavy (non-hydrogen) atoms. The number of nitrogens with zero attached hydrogens (tertiary/aromatic N) is 4. The second-order valence-electron chi connectivity index (χ2n) is 26.8. The van der Waals surface area contributed by atoms with Crippen molar-refractivity contribution in [2.45, 2.75) is 105 Å². The zero-order chi connectivity index (χ0) is 55.4. The molecule has 4 nitrogen and oxygen atoms in total. The van der Waals surface area contributed by atoms with Gasteiger partial charge in [-0.2, -0.15) is 0 Å². The van der Waals surface area contributed by atoms with Crippen molar-refractivity contribution in [3.63, 3.8) is 0 Å². The standard InChI is InChI=1S/C76H70N4/c1-73(2,3)49-25-35-67-61(41-49)62-42-50(74(4,5)6)26-36-68(62)79(67)55-29-31-57-59-39-47(23-33-65(59)77(71(57)45-55)53-19-15-13-16-20-53)48-24-34-66-60(40-48)58-32-30-56(46-72(58)78(66)54-21-17-14-18-22-54)80-69-37-27-51(75(7,8)9)43-63(69)64-44-52(76(10,11)12)28-38-70(64)80/h13-46H,1-12H3. The summed E-state index contributed by atoms with van der Waals surface area (Å²) in [5.41, 5.74) is 22.1. The summed E-state index contributed by atoms with van der Waals surface area (Å²) in [7, 11) is 0. The van der Waals surface area contributed by atoms with Crippen molar-refractivity contribution < 1.29 is 0 Å². The average molecular weight is 1040 g/mol. The van der Waals surface area contributed by atoms with Gasteiger partial charge < -0.3 is 18.3 Å². The monoisotopic (exact) mass is 1040 g/mol. The predicted molar refractivity (Wildman–Crippen MR) is 344 cm³/mol. The molecule has 394 valence electrons. The fraction of sp³-hybridized carbons (Fsp3) is 0.211. The van der Waals surface area contributed by atoms with E-state index in [0.29, 0.717) is 0 Å². The number of benzene rings is 10. The van der Waals surface area contributed by atoms with Crippen LogP contribution in [0.1, 0.15) is 105 Å². The van der Waals surface area contributed by atoms with E-state index in [1.165, 1.54) is 121 Å². The first kappa shape index (κ1) is 49.7. The molecule has 0 amide bonds. The molecule has 0 N–H and O–H groups in total. The Morgan fingerprint density at radius 3 is 0.750 bits per heavy atom. The third-order valence-electron chi connectivity index (χ3n) is 17.4. The van der Waals surface area contributed by atoms with Crippen molar-refractivity contribution in [3.05, 3.63) is 229 Å². The highest BCUT2D eigenvalue weighted by Crippen LogP contribution is 2.44. The maximum absolute atomic E-state index is 2.49. The van der Waals surface area contributed by atoms with Gasteiger partial charge in [-0.15, -0.1) is 0 Å². The molecule has 4 aromatic heterocycles. The van der Waals surface area contributed by atoms with Crippen molar-refractivity contribution >= 4 is 87.2 Å². The first-order valence-electron chi connectivity index (χ1n) is 28.7. The highest BCUT2D eigenvalue weighted by molar-refractivity contribution is 6.15. The normalized spacial score (nSPS) is 13.0. The predicted octanol–water partition coefficient (Wildman–Crippen LogP) is 20.9. The van der Waals surface area contributed by atoms with Crippen molar-refractivity contribution in [2.24, 2.45) is 0 Å². The minimum atomic E-state index is 0.0273. The Kier molecular flexibility index (Phi) is 10.8. The highest BCUT2D eigenvalue weighted by atomic mass is 15.0. The lowest BCUT2D eigenvalue weighted by Gasteiger charge is -2.19. The maximum Gasteiger partial charge on any atom is 0.0561 e. The summed E-state index contributed by atoms with van der Waals surface area (Å²) < 4.78 is 9.89. The molecule has 14 rings (SSSR count). The first-order chi connectivity index (χ1) is 38.2. The van der Waals surface area contributed by atoms with Crippen LogP contribution in [0.3, 0.4) is 0 Å². The van der Waals surface area contributed by atoms with E-state index in [1.54, 1.807) is 0 Å². The van der Waals surface area contributed by atoms with Crippen LogP contribution in [0, 0.1) is 0 Å². The molecule has 0 unspecified atom stereocenters. The fourth-order valence-corrected chi connectivity index (χ4v) is 12.8. The summed E-state index contributed by atoms with van der Waals surface area (Å²) in [6.45, 7) is 27.7. The molecule has 0 bridgehead atoms. The molecule has 0 atom stereocenters. The number of para-hydroxylation sites is 2. The Hall–Kier alpha value is -8.60. The second kappa shape index (κ2) is 17.4. The number of hydrogen-bond acceptors (Lipinski definition) is 0. The molecule has 0 radical (unpaired) electrons. The molecular weight excluding hydrogens is 969 g/mol. The summed E-state index contributed by atoms with van der Waals surface area (Å²) in [5.74, 6) is 0. The molecule has 4 heteroatoms. The molecule has 10 aromatic carbocycles. The van der Waals surface area contributed by atoms with Crippen LogP contribution >= 0.6 is 0 Å². The molecule has 0 aliphatic rings. The number of rotatable bonds is 5. The SMILES string of the molecule is CC(C)(C)c1ccc2c(c1)c1cc(C(C)(C)C)ccc1n2-c1ccc2c3cc(-c4ccc5c(c4)c4ccc(-n6c7ccc(C(C)(C)C)cc7c7cc(C(C)(C)C)ccc76)cc4n5-c4ccccc4)ccc3n(-c3ccccc3)c2c1. The summed E-state index contributed by atoms with van der Waals surface area (Å²) in [5, 5.41) is 10.1. The van der Waals surface area contributed by atoms with Gasteiger partial charge in [0.15, 0.2) is 0 Å². The molecular formula is C76H70N4. The molecule has 0 aliphatic carbocycles. The minimum Gasteiger partial charge on any atom is -0.309 e. The number of hydrogen-bond donors (Lipinski definition) is 0. The summed E-state index contributed by atoms with van der Waals surface area (Å²) in [6.07, 6.45) is 0. The van der Waals surface area contributed by atoms with Gasteiger partial charge in [0.05, 0.1) is 44.1 Å². The molecule has 0 fully saturated rings. The smallest absolute Gasteiger partial charge is 0.0561 e. The zero-order valence-corrected chi connectivity index (χ0v) is 48.4. The van der Waals surface area contributed by atoms with Crippen molar-refractivity contribution in [3.8, 4) is 33.9 Å². The lowest BCUT2D eigenvalue weighted by atomic mass is 9.85. The first-order valence-corrected chi connectivity index (χ1v) is 28.7. The Balaban J connectivity index is 0.945. The van der Waals surface area contributed by atoms with Crippen molar-refractivity contribution in [1.29, 1.82) is 0 Å². The van der Waals surface area contributed by atoms with Gasteiger partial charge in [-0.1, -0.05) is 168 Å². The van der Waals surface area contributed by atoms with Gasteiger partial charge in [0.25, 0.3) is 0 Å². The Bertz CT molecular complexity index is 4380. The topological polar surface area (TPSA) is 19.7 Å². The van der Waals surface area contributed by atoms with E-state index in [0.717, 1.165) is 22.7 Å². The quantitative estimate of drug-likeness (QED) is 0.164. The van der Waals surface area contributed by atoms with Gasteiger partial charge in [0.1, 0.15) is 0 Å². The Labute approximate surface area is 470 Å². The Morgan fingerprint density at radius 2 is 0.463 bits per heavy atom. The number of aromatic nitrogens is 4. The molecule has 0 aliphatic heterocycles. The molecule has 0 spiro atoms. The maximum atomic E-state index is 2.49. The third-order valence-corrected chi connectivity index (χ3v) is 17.4. The van der Waals surface area contributed by atoms with Crippen molar-refractivity contribution in [1.82, 2.24) is 18.3 Å². The van der Waals surface area contributed by atoms with E-state index in [2.05, 4.69) is 308 Å². The van der Waals surface area contributed by atoms with E-state index >= 15 is 0 Å². The van der Waals surface area contributed by atoms with E-state index in [4.69, 9.17) is 0 Å². The van der Waals surface area contributed by atoms with Crippen LogP contribution in [0.4, 0.5) is 0 Å². The second-order valence-corrected chi connectivity index (χ2v) is 26.8. The fourth-order valence-electron chi connectivity index (χ4n) is 12.8. The third kappa shape index (κ3) is 7.85. The largest absolute Gasteiger partial charge is 0.309 e. The van der Waals surface area contributed by atoms with Gasteiger partial charge in [0.2, 0.25) is 0 Å². The summed E-state index contributed by atoms with van der Waals surface area (Å²) in [6, 6.07) is 78.6. The molecule has 0 saturated heterocycles. The number of fused-ring (bicyclic) bond motifs is 12. The lowest BCUT2D eigenvalue weighted by Crippen LogP contribution is -2.10. The van der Waals surface area contributed by atoms with Crippen molar-refractivity contribution in [2.75, 3.05) is 0 Å². The minimum absolute atomic E-state index is 0.0273. The summed E-state index contributed by atoms with van der Waals surface area (Å²) >= 11 is 0. The van der Waals surface area contributed by atoms with Gasteiger partial charge in [-0.3, -0.25) is 0 Å². The molecule has 0 saturated carbocycles. The van der Waals surface area contributed by atoms with Crippen LogP contribution in [0.2, 0.25) is 0 Å². The van der Waals surface area contributed by atoms with Crippen LogP contribution < -0.4 is 0 Å². The van der Waals surface area contributed by atoms with Gasteiger partial charge in [-0.05, 0) is 176 Å². The lowest BCUT2D eigenvalue weighted by molar-refractivity contribution is 0.590. The van der Waals surface area contributed by atoms with E-state index < -0.39 is 0 Å². The Morgan fingerprint density at radius 1 is 0.200 bits per heavy atom. The van der Waals surface area contributed by atoms with Gasteiger partial charge >= 0.3 is 0 Å². The average Bonchev–Trinajstić information content (AvgIpc) is 4.37. The van der Waals surface area contributed by atoms with Crippen LogP contribution in [0.25, 0.3) is 121 Å². The van der Waals surface area contributed by atoms with Crippen LogP contribution in [0.5, 0.6) is 0 Å². The molecule has 4 heterocycles. The van der Waals surface area contributed by atoms with Gasteiger partial charge in [0, 0.05) is 65.8 Å². The van der Waals surface area contributed by atoms with Crippen LogP contribution in [-0.4, -0.2) is 18.3 Å². The van der Waals surface area contributed by atoms with E-state index in [1.807, 2.05) is 0 Å². The highest BCUT2D eigenvalue weighted by Gasteiger charge is 2.25. The molecule has 14 aromatic rings. The van der Waals surface area contributed by atoms with Gasteiger partial charge in [-0.25, -0.2) is 0 Å². The summed E-state index contributed by atoms with van der Waals surface area (Å²) in [4.78, 5) is 0.